The van der Waals surface area contributed by atoms with Gasteiger partial charge in [0.15, 0.2) is 0 Å². The number of hydrogen-bond acceptors (Lipinski definition) is 4. The number of phenolic OH excluding ortho intramolecular Hbond substituents is 1. The van der Waals surface area contributed by atoms with Crippen molar-refractivity contribution in [1.29, 1.82) is 0 Å². The van der Waals surface area contributed by atoms with Crippen molar-refractivity contribution in [1.82, 2.24) is 0 Å². The van der Waals surface area contributed by atoms with Crippen molar-refractivity contribution in [3.8, 4) is 11.5 Å². The van der Waals surface area contributed by atoms with E-state index >= 15 is 0 Å². The third kappa shape index (κ3) is 18.6. The largest absolute Gasteiger partial charge is 0.508 e. The van der Waals surface area contributed by atoms with Gasteiger partial charge >= 0.3 is 0 Å². The van der Waals surface area contributed by atoms with Gasteiger partial charge in [-0.25, -0.2) is 0 Å². The molecule has 2 aromatic carbocycles. The molecule has 0 saturated heterocycles. The Morgan fingerprint density at radius 2 is 1.23 bits per heavy atom. The molecule has 0 unspecified atom stereocenters. The first-order chi connectivity index (χ1) is 12.2. The predicted octanol–water partition coefficient (Wildman–Crippen LogP) is 4.86. The van der Waals surface area contributed by atoms with E-state index in [9.17, 15) is 0 Å². The number of aliphatic hydroxyl groups is 2. The van der Waals surface area contributed by atoms with Crippen molar-refractivity contribution in [3.63, 3.8) is 0 Å². The number of unbranched alkanes of at least 4 members (excludes halogenated alkanes) is 2. The third-order valence-electron chi connectivity index (χ3n) is 2.86. The normalized spacial score (nSPS) is 8.88. The van der Waals surface area contributed by atoms with Gasteiger partial charge in [0.05, 0.1) is 6.61 Å². The van der Waals surface area contributed by atoms with Crippen LogP contribution in [0.5, 0.6) is 11.5 Å². The van der Waals surface area contributed by atoms with Crippen molar-refractivity contribution < 1.29 is 20.1 Å². The molecule has 0 aromatic heterocycles. The number of para-hydroxylation sites is 2. The minimum atomic E-state index is 0. The molecule has 0 saturated carbocycles. The highest BCUT2D eigenvalue weighted by Crippen LogP contribution is 2.08. The summed E-state index contributed by atoms with van der Waals surface area (Å²) >= 11 is 5.27. The lowest BCUT2D eigenvalue weighted by Crippen LogP contribution is -1.97. The van der Waals surface area contributed by atoms with Gasteiger partial charge in [-0.2, -0.15) is 0 Å². The molecule has 0 atom stereocenters. The fourth-order valence-corrected chi connectivity index (χ4v) is 1.74. The van der Waals surface area contributed by atoms with E-state index in [-0.39, 0.29) is 20.6 Å². The molecule has 148 valence electrons. The van der Waals surface area contributed by atoms with Gasteiger partial charge in [-0.15, -0.1) is 11.6 Å². The van der Waals surface area contributed by atoms with Crippen molar-refractivity contribution >= 4 is 11.6 Å². The Bertz CT molecular complexity index is 476. The maximum Gasteiger partial charge on any atom is 0.119 e. The summed E-state index contributed by atoms with van der Waals surface area (Å²) in [4.78, 5) is 0. The van der Waals surface area contributed by atoms with Crippen LogP contribution < -0.4 is 4.74 Å². The molecule has 0 spiro atoms. The topological polar surface area (TPSA) is 69.9 Å². The Labute approximate surface area is 163 Å². The zero-order chi connectivity index (χ0) is 18.6. The molecule has 2 rings (SSSR count). The van der Waals surface area contributed by atoms with E-state index in [0.29, 0.717) is 18.2 Å². The van der Waals surface area contributed by atoms with Crippen LogP contribution in [0.2, 0.25) is 0 Å². The summed E-state index contributed by atoms with van der Waals surface area (Å²) < 4.78 is 5.40. The number of alkyl halides is 1. The average molecular weight is 385 g/mol. The molecule has 0 amide bonds. The number of rotatable bonds is 8. The summed E-state index contributed by atoms with van der Waals surface area (Å²) in [6.07, 6.45) is 3.49. The van der Waals surface area contributed by atoms with Gasteiger partial charge in [0.1, 0.15) is 11.5 Å². The highest BCUT2D eigenvalue weighted by atomic mass is 35.5. The third-order valence-corrected chi connectivity index (χ3v) is 3.13. The standard InChI is InChI=1S/C10H14O2.C6H6O.C4H9ClO.CH4/c11-8-4-5-9-12-10-6-2-1-3-7-10;7-6-4-2-1-3-5-6;5-3-1-2-4-6;/h1-3,6-7,11H,4-5,8-9H2;1-5,7H;6H,1-4H2;1H4. The predicted molar refractivity (Wildman–Crippen MR) is 110 cm³/mol. The molecule has 3 N–H and O–H groups in total. The summed E-state index contributed by atoms with van der Waals surface area (Å²) in [5.41, 5.74) is 0. The molecular formula is C21H33ClO4. The molecular weight excluding hydrogens is 352 g/mol. The monoisotopic (exact) mass is 384 g/mol. The zero-order valence-corrected chi connectivity index (χ0v) is 15.3. The second kappa shape index (κ2) is 21.3. The highest BCUT2D eigenvalue weighted by Gasteiger charge is 1.90. The van der Waals surface area contributed by atoms with Crippen LogP contribution in [0.25, 0.3) is 0 Å². The SMILES string of the molecule is C.OCCCCCl.OCCCCOc1ccccc1.Oc1ccccc1. The molecule has 0 bridgehead atoms. The van der Waals surface area contributed by atoms with Crippen molar-refractivity contribution in [2.45, 2.75) is 33.1 Å². The van der Waals surface area contributed by atoms with E-state index in [1.165, 1.54) is 0 Å². The number of halogens is 1. The van der Waals surface area contributed by atoms with Gasteiger partial charge < -0.3 is 20.1 Å². The molecule has 0 aliphatic carbocycles. The van der Waals surface area contributed by atoms with E-state index in [0.717, 1.165) is 31.4 Å². The molecule has 0 radical (unpaired) electrons. The fourth-order valence-electron chi connectivity index (χ4n) is 1.55. The molecule has 0 fully saturated rings. The van der Waals surface area contributed by atoms with Crippen LogP contribution in [0.4, 0.5) is 0 Å². The second-order valence-electron chi connectivity index (χ2n) is 5.05. The quantitative estimate of drug-likeness (QED) is 0.448. The van der Waals surface area contributed by atoms with Crippen LogP contribution in [0.15, 0.2) is 60.7 Å². The van der Waals surface area contributed by atoms with Crippen LogP contribution in [0, 0.1) is 0 Å². The first-order valence-corrected chi connectivity index (χ1v) is 8.97. The maximum absolute atomic E-state index is 8.63. The lowest BCUT2D eigenvalue weighted by atomic mass is 10.3. The summed E-state index contributed by atoms with van der Waals surface area (Å²) in [6.45, 7) is 1.20. The molecule has 4 nitrogen and oxygen atoms in total. The van der Waals surface area contributed by atoms with Gasteiger partial charge in [0, 0.05) is 19.1 Å². The highest BCUT2D eigenvalue weighted by molar-refractivity contribution is 6.17. The van der Waals surface area contributed by atoms with Crippen LogP contribution in [-0.2, 0) is 0 Å². The van der Waals surface area contributed by atoms with Gasteiger partial charge in [-0.05, 0) is 49.9 Å². The summed E-state index contributed by atoms with van der Waals surface area (Å²) in [7, 11) is 0. The first kappa shape index (κ1) is 26.5. The van der Waals surface area contributed by atoms with Crippen LogP contribution in [0.3, 0.4) is 0 Å². The summed E-state index contributed by atoms with van der Waals surface area (Å²) in [5.74, 6) is 1.89. The lowest BCUT2D eigenvalue weighted by Gasteiger charge is -2.03. The minimum absolute atomic E-state index is 0. The molecule has 0 aliphatic rings. The Balaban J connectivity index is 0. The van der Waals surface area contributed by atoms with Crippen LogP contribution in [0.1, 0.15) is 33.1 Å². The van der Waals surface area contributed by atoms with Crippen molar-refractivity contribution in [2.24, 2.45) is 0 Å². The smallest absolute Gasteiger partial charge is 0.119 e. The molecule has 0 aliphatic heterocycles. The van der Waals surface area contributed by atoms with E-state index in [1.54, 1.807) is 24.3 Å². The second-order valence-corrected chi connectivity index (χ2v) is 5.43. The number of aliphatic hydroxyl groups excluding tert-OH is 2. The Kier molecular flexibility index (Phi) is 21.7. The van der Waals surface area contributed by atoms with E-state index in [1.807, 2.05) is 36.4 Å². The Morgan fingerprint density at radius 3 is 1.62 bits per heavy atom. The van der Waals surface area contributed by atoms with Crippen molar-refractivity contribution in [2.75, 3.05) is 25.7 Å². The number of ether oxygens (including phenoxy) is 1. The summed E-state index contributed by atoms with van der Waals surface area (Å²) in [6, 6.07) is 18.4. The van der Waals surface area contributed by atoms with Crippen LogP contribution >= 0.6 is 11.6 Å². The summed E-state index contributed by atoms with van der Waals surface area (Å²) in [5, 5.41) is 25.3. The average Bonchev–Trinajstić information content (AvgIpc) is 2.66. The van der Waals surface area contributed by atoms with E-state index in [2.05, 4.69) is 0 Å². The zero-order valence-electron chi connectivity index (χ0n) is 14.6. The van der Waals surface area contributed by atoms with E-state index < -0.39 is 0 Å². The van der Waals surface area contributed by atoms with Gasteiger partial charge in [-0.1, -0.05) is 43.8 Å². The Hall–Kier alpha value is -1.75. The number of benzene rings is 2. The first-order valence-electron chi connectivity index (χ1n) is 8.44. The molecule has 2 aromatic rings. The molecule has 0 heterocycles. The van der Waals surface area contributed by atoms with Crippen molar-refractivity contribution in [3.05, 3.63) is 60.7 Å². The van der Waals surface area contributed by atoms with Crippen LogP contribution in [-0.4, -0.2) is 41.0 Å². The number of phenols is 1. The molecule has 5 heteroatoms. The number of aromatic hydroxyl groups is 1. The van der Waals surface area contributed by atoms with Gasteiger partial charge in [-0.3, -0.25) is 0 Å². The Morgan fingerprint density at radius 1 is 0.731 bits per heavy atom. The fraction of sp³-hybridized carbons (Fsp3) is 0.429. The maximum atomic E-state index is 8.63. The minimum Gasteiger partial charge on any atom is -0.508 e. The van der Waals surface area contributed by atoms with Gasteiger partial charge in [0.2, 0.25) is 0 Å². The molecule has 26 heavy (non-hydrogen) atoms. The van der Waals surface area contributed by atoms with Gasteiger partial charge in [0.25, 0.3) is 0 Å². The lowest BCUT2D eigenvalue weighted by molar-refractivity contribution is 0.253. The van der Waals surface area contributed by atoms with E-state index in [4.69, 9.17) is 31.7 Å². The number of hydrogen-bond donors (Lipinski definition) is 3.